The minimum atomic E-state index is 0.840. The second-order valence-corrected chi connectivity index (χ2v) is 0.683. The molecule has 0 aliphatic carbocycles. The van der Waals surface area contributed by atoms with E-state index in [2.05, 4.69) is 0 Å². The van der Waals surface area contributed by atoms with Gasteiger partial charge < -0.3 is 10.2 Å². The second-order valence-electron chi connectivity index (χ2n) is 0.683. The van der Waals surface area contributed by atoms with Gasteiger partial charge in [-0.05, 0) is 12.2 Å². The van der Waals surface area contributed by atoms with E-state index >= 15 is 0 Å². The quantitative estimate of drug-likeness (QED) is 0.371. The van der Waals surface area contributed by atoms with Gasteiger partial charge in [0.2, 0.25) is 0 Å². The highest BCUT2D eigenvalue weighted by Gasteiger charge is 1.51. The van der Waals surface area contributed by atoms with E-state index in [0.29, 0.717) is 0 Å². The molecule has 0 saturated heterocycles. The first-order valence-electron chi connectivity index (χ1n) is 1.52. The van der Waals surface area contributed by atoms with E-state index in [1.54, 1.807) is 0 Å². The Morgan fingerprint density at radius 1 is 0.833 bits per heavy atom. The maximum atomic E-state index is 7.85. The highest BCUT2D eigenvalue weighted by Crippen LogP contribution is 1.66. The van der Waals surface area contributed by atoms with E-state index in [9.17, 15) is 0 Å². The van der Waals surface area contributed by atoms with Crippen molar-refractivity contribution in [3.63, 3.8) is 0 Å². The fourth-order valence-corrected chi connectivity index (χ4v) is 0.0994. The highest BCUT2D eigenvalue weighted by atomic mass is 16.2. The van der Waals surface area contributed by atoms with Crippen molar-refractivity contribution in [3.8, 4) is 0 Å². The summed E-state index contributed by atoms with van der Waals surface area (Å²) in [4.78, 5) is 0. The van der Waals surface area contributed by atoms with Crippen molar-refractivity contribution in [2.45, 2.75) is 0 Å². The van der Waals surface area contributed by atoms with Gasteiger partial charge in [0.25, 0.3) is 0 Å². The molecule has 0 saturated carbocycles. The van der Waals surface area contributed by atoms with Crippen LogP contribution in [0, 0.1) is 0 Å². The Morgan fingerprint density at radius 3 is 1.33 bits per heavy atom. The van der Waals surface area contributed by atoms with Gasteiger partial charge in [0, 0.05) is 0 Å². The Bertz CT molecular complexity index is 53.9. The van der Waals surface area contributed by atoms with Crippen molar-refractivity contribution in [2.24, 2.45) is 0 Å². The number of hydrogen-bond acceptors (Lipinski definition) is 2. The van der Waals surface area contributed by atoms with Gasteiger partial charge in [-0.2, -0.15) is 0 Å². The summed E-state index contributed by atoms with van der Waals surface area (Å²) in [6.07, 6.45) is 4.29. The van der Waals surface area contributed by atoms with Gasteiger partial charge in [-0.25, -0.2) is 0 Å². The zero-order chi connectivity index (χ0) is 4.83. The minimum absolute atomic E-state index is 0.840. The molecular formula is C4H6O2. The third-order valence-electron chi connectivity index (χ3n) is 0.283. The molecule has 0 fully saturated rings. The minimum Gasteiger partial charge on any atom is -0.516 e. The third kappa shape index (κ3) is 3.08. The van der Waals surface area contributed by atoms with Crippen molar-refractivity contribution < 1.29 is 10.2 Å². The van der Waals surface area contributed by atoms with Crippen LogP contribution >= 0.6 is 0 Å². The first-order chi connectivity index (χ1) is 2.91. The lowest BCUT2D eigenvalue weighted by Gasteiger charge is -1.63. The first kappa shape index (κ1) is 5.08. The number of aliphatic hydroxyl groups excluding tert-OH is 2. The van der Waals surface area contributed by atoms with Gasteiger partial charge in [-0.1, -0.05) is 0 Å². The molecule has 6 heavy (non-hydrogen) atoms. The molecule has 2 N–H and O–H groups in total. The largest absolute Gasteiger partial charge is 0.516 e. The van der Waals surface area contributed by atoms with Crippen LogP contribution in [0.1, 0.15) is 0 Å². The maximum Gasteiger partial charge on any atom is 0.0792 e. The molecule has 0 radical (unpaired) electrons. The molecule has 0 heterocycles. The van der Waals surface area contributed by atoms with E-state index in [4.69, 9.17) is 10.2 Å². The summed E-state index contributed by atoms with van der Waals surface area (Å²) < 4.78 is 0. The number of allylic oxidation sites excluding steroid dienone is 2. The van der Waals surface area contributed by atoms with Crippen LogP contribution in [0.15, 0.2) is 24.7 Å². The van der Waals surface area contributed by atoms with Crippen molar-refractivity contribution in [1.29, 1.82) is 0 Å². The van der Waals surface area contributed by atoms with Crippen molar-refractivity contribution in [1.82, 2.24) is 0 Å². The van der Waals surface area contributed by atoms with Gasteiger partial charge in [0.05, 0.1) is 12.5 Å². The molecule has 34 valence electrons. The average molecular weight is 86.1 g/mol. The Morgan fingerprint density at radius 2 is 1.17 bits per heavy atom. The second kappa shape index (κ2) is 4.08. The summed E-state index contributed by atoms with van der Waals surface area (Å²) in [6, 6.07) is 0. The molecule has 0 aliphatic rings. The third-order valence-corrected chi connectivity index (χ3v) is 0.283. The standard InChI is InChI=1S/C4H6O2/c5-3-1-2-4-6/h1-6H/b3-1+,4-2+. The topological polar surface area (TPSA) is 40.5 Å². The SMILES string of the molecule is O/C=C/C=C/O. The van der Waals surface area contributed by atoms with Crippen LogP contribution in [0.4, 0.5) is 0 Å². The molecule has 0 aromatic heterocycles. The van der Waals surface area contributed by atoms with Crippen molar-refractivity contribution in [2.75, 3.05) is 0 Å². The number of hydrogen-bond donors (Lipinski definition) is 2. The fraction of sp³-hybridized carbons (Fsp3) is 0. The predicted octanol–water partition coefficient (Wildman–Crippen LogP) is 1.13. The molecule has 0 rings (SSSR count). The van der Waals surface area contributed by atoms with E-state index in [1.807, 2.05) is 0 Å². The monoisotopic (exact) mass is 86.0 g/mol. The molecule has 2 nitrogen and oxygen atoms in total. The summed E-state index contributed by atoms with van der Waals surface area (Å²) >= 11 is 0. The van der Waals surface area contributed by atoms with Crippen LogP contribution < -0.4 is 0 Å². The lowest BCUT2D eigenvalue weighted by atomic mass is 10.6. The predicted molar refractivity (Wildman–Crippen MR) is 23.5 cm³/mol. The molecule has 0 aromatic rings. The van der Waals surface area contributed by atoms with Gasteiger partial charge in [-0.15, -0.1) is 0 Å². The summed E-state index contributed by atoms with van der Waals surface area (Å²) in [7, 11) is 0. The molecule has 0 bridgehead atoms. The summed E-state index contributed by atoms with van der Waals surface area (Å²) in [5.74, 6) is 0. The normalized spacial score (nSPS) is 11.3. The van der Waals surface area contributed by atoms with Crippen LogP contribution in [0.3, 0.4) is 0 Å². The maximum absolute atomic E-state index is 7.85. The molecule has 0 aromatic carbocycles. The summed E-state index contributed by atoms with van der Waals surface area (Å²) in [6.45, 7) is 0. The van der Waals surface area contributed by atoms with Gasteiger partial charge >= 0.3 is 0 Å². The summed E-state index contributed by atoms with van der Waals surface area (Å²) in [5.41, 5.74) is 0. The molecule has 0 spiro atoms. The fourth-order valence-electron chi connectivity index (χ4n) is 0.0994. The zero-order valence-electron chi connectivity index (χ0n) is 3.20. The van der Waals surface area contributed by atoms with Crippen LogP contribution in [-0.2, 0) is 0 Å². The molecule has 2 heteroatoms. The Hall–Kier alpha value is -0.920. The van der Waals surface area contributed by atoms with E-state index in [1.165, 1.54) is 12.2 Å². The molecular weight excluding hydrogens is 80.0 g/mol. The van der Waals surface area contributed by atoms with E-state index in [0.717, 1.165) is 12.5 Å². The first-order valence-corrected chi connectivity index (χ1v) is 1.52. The van der Waals surface area contributed by atoms with Gasteiger partial charge in [0.15, 0.2) is 0 Å². The molecule has 0 aliphatic heterocycles. The van der Waals surface area contributed by atoms with Crippen LogP contribution in [-0.4, -0.2) is 10.2 Å². The molecule has 0 atom stereocenters. The Balaban J connectivity index is 3.07. The average Bonchev–Trinajstić information content (AvgIpc) is 1.61. The zero-order valence-corrected chi connectivity index (χ0v) is 3.20. The Labute approximate surface area is 36.0 Å². The lowest BCUT2D eigenvalue weighted by molar-refractivity contribution is 0.467. The number of aliphatic hydroxyl groups is 2. The van der Waals surface area contributed by atoms with Crippen LogP contribution in [0.5, 0.6) is 0 Å². The highest BCUT2D eigenvalue weighted by molar-refractivity contribution is 4.94. The Kier molecular flexibility index (Phi) is 3.45. The van der Waals surface area contributed by atoms with Gasteiger partial charge in [-0.3, -0.25) is 0 Å². The smallest absolute Gasteiger partial charge is 0.0792 e. The lowest BCUT2D eigenvalue weighted by Crippen LogP contribution is -1.48. The molecule has 0 unspecified atom stereocenters. The van der Waals surface area contributed by atoms with E-state index < -0.39 is 0 Å². The van der Waals surface area contributed by atoms with E-state index in [-0.39, 0.29) is 0 Å². The summed E-state index contributed by atoms with van der Waals surface area (Å²) in [5, 5.41) is 15.7. The number of rotatable bonds is 1. The van der Waals surface area contributed by atoms with Gasteiger partial charge in [0.1, 0.15) is 0 Å². The van der Waals surface area contributed by atoms with Crippen LogP contribution in [0.25, 0.3) is 0 Å². The van der Waals surface area contributed by atoms with Crippen molar-refractivity contribution >= 4 is 0 Å². The van der Waals surface area contributed by atoms with Crippen molar-refractivity contribution in [3.05, 3.63) is 24.7 Å². The molecule has 0 amide bonds. The van der Waals surface area contributed by atoms with Crippen LogP contribution in [0.2, 0.25) is 0 Å².